The Balaban J connectivity index is 1.98. The zero-order valence-corrected chi connectivity index (χ0v) is 12.7. The number of rotatable bonds is 3. The molecule has 0 amide bonds. The molecule has 2 heterocycles. The molecular weight excluding hydrogens is 346 g/mol. The molecule has 3 rings (SSSR count). The molecule has 0 spiro atoms. The molecule has 0 bridgehead atoms. The van der Waals surface area contributed by atoms with Crippen LogP contribution in [-0.4, -0.2) is 22.2 Å². The number of carbonyl (C=O) groups is 1. The highest BCUT2D eigenvalue weighted by Crippen LogP contribution is 2.34. The van der Waals surface area contributed by atoms with E-state index in [1.54, 1.807) is 12.3 Å². The molecule has 1 aliphatic rings. The molecule has 1 aliphatic heterocycles. The summed E-state index contributed by atoms with van der Waals surface area (Å²) in [6.45, 7) is 1.17. The summed E-state index contributed by atoms with van der Waals surface area (Å²) in [7, 11) is 0. The maximum absolute atomic E-state index is 11.0. The Labute approximate surface area is 129 Å². The van der Waals surface area contributed by atoms with Crippen molar-refractivity contribution >= 4 is 33.5 Å². The van der Waals surface area contributed by atoms with Gasteiger partial charge in [0.05, 0.1) is 23.3 Å². The molecule has 104 valence electrons. The lowest BCUT2D eigenvalue weighted by molar-refractivity contribution is 0.0697. The van der Waals surface area contributed by atoms with E-state index in [-0.39, 0.29) is 5.56 Å². The number of carboxylic acid groups (broad SMARTS) is 1. The van der Waals surface area contributed by atoms with Gasteiger partial charge in [-0.25, -0.2) is 4.79 Å². The molecule has 1 aromatic heterocycles. The van der Waals surface area contributed by atoms with Crippen LogP contribution in [0, 0.1) is 0 Å². The molecule has 1 aromatic carbocycles. The first kappa shape index (κ1) is 13.5. The third-order valence-corrected chi connectivity index (χ3v) is 4.16. The van der Waals surface area contributed by atoms with Gasteiger partial charge in [-0.1, -0.05) is 11.6 Å². The first-order valence-electron chi connectivity index (χ1n) is 6.07. The zero-order chi connectivity index (χ0) is 14.3. The van der Waals surface area contributed by atoms with E-state index in [1.807, 2.05) is 16.7 Å². The fourth-order valence-electron chi connectivity index (χ4n) is 2.36. The Hall–Kier alpha value is -1.46. The highest BCUT2D eigenvalue weighted by molar-refractivity contribution is 9.10. The fourth-order valence-corrected chi connectivity index (χ4v) is 3.10. The quantitative estimate of drug-likeness (QED) is 0.914. The fraction of sp³-hybridized carbons (Fsp3) is 0.214. The predicted molar refractivity (Wildman–Crippen MR) is 78.8 cm³/mol. The molecule has 0 aliphatic carbocycles. The SMILES string of the molecule is O=C(O)c1cc(Br)n(Cc2cc(Cl)cc3c2OCC3)c1. The number of carboxylic acids is 1. The minimum atomic E-state index is -0.947. The second-order valence-corrected chi connectivity index (χ2v) is 5.89. The van der Waals surface area contributed by atoms with Crippen molar-refractivity contribution in [2.24, 2.45) is 0 Å². The molecule has 0 unspecified atom stereocenters. The molecule has 0 fully saturated rings. The average Bonchev–Trinajstić information content (AvgIpc) is 2.96. The van der Waals surface area contributed by atoms with Crippen molar-refractivity contribution in [3.8, 4) is 5.75 Å². The van der Waals surface area contributed by atoms with Crippen LogP contribution in [0.25, 0.3) is 0 Å². The van der Waals surface area contributed by atoms with E-state index in [2.05, 4.69) is 15.9 Å². The molecule has 0 atom stereocenters. The number of fused-ring (bicyclic) bond motifs is 1. The van der Waals surface area contributed by atoms with Crippen LogP contribution in [0.2, 0.25) is 5.02 Å². The van der Waals surface area contributed by atoms with Crippen molar-refractivity contribution in [2.45, 2.75) is 13.0 Å². The Morgan fingerprint density at radius 1 is 1.45 bits per heavy atom. The Bertz CT molecular complexity index is 696. The molecule has 6 heteroatoms. The van der Waals surface area contributed by atoms with E-state index in [9.17, 15) is 4.79 Å². The lowest BCUT2D eigenvalue weighted by atomic mass is 10.1. The van der Waals surface area contributed by atoms with E-state index in [0.29, 0.717) is 22.8 Å². The summed E-state index contributed by atoms with van der Waals surface area (Å²) in [4.78, 5) is 11.0. The number of aromatic carboxylic acids is 1. The van der Waals surface area contributed by atoms with Gasteiger partial charge in [0.15, 0.2) is 0 Å². The summed E-state index contributed by atoms with van der Waals surface area (Å²) in [5.41, 5.74) is 2.31. The summed E-state index contributed by atoms with van der Waals surface area (Å²) < 4.78 is 8.17. The van der Waals surface area contributed by atoms with E-state index < -0.39 is 5.97 Å². The Morgan fingerprint density at radius 3 is 2.95 bits per heavy atom. The van der Waals surface area contributed by atoms with Crippen molar-refractivity contribution in [3.05, 3.63) is 50.7 Å². The molecular formula is C14H11BrClNO3. The van der Waals surface area contributed by atoms with Crippen LogP contribution in [0.4, 0.5) is 0 Å². The molecule has 1 N–H and O–H groups in total. The molecule has 2 aromatic rings. The van der Waals surface area contributed by atoms with Crippen LogP contribution in [0.1, 0.15) is 21.5 Å². The van der Waals surface area contributed by atoms with Crippen molar-refractivity contribution in [1.29, 1.82) is 0 Å². The minimum absolute atomic E-state index is 0.247. The number of aromatic nitrogens is 1. The van der Waals surface area contributed by atoms with Gasteiger partial charge in [-0.3, -0.25) is 0 Å². The Morgan fingerprint density at radius 2 is 2.25 bits per heavy atom. The number of benzene rings is 1. The number of halogens is 2. The lowest BCUT2D eigenvalue weighted by Crippen LogP contribution is -2.01. The second-order valence-electron chi connectivity index (χ2n) is 4.64. The van der Waals surface area contributed by atoms with Crippen molar-refractivity contribution < 1.29 is 14.6 Å². The van der Waals surface area contributed by atoms with Gasteiger partial charge in [0, 0.05) is 23.2 Å². The topological polar surface area (TPSA) is 51.5 Å². The van der Waals surface area contributed by atoms with Crippen LogP contribution >= 0.6 is 27.5 Å². The average molecular weight is 357 g/mol. The zero-order valence-electron chi connectivity index (χ0n) is 10.4. The van der Waals surface area contributed by atoms with Crippen LogP contribution in [0.3, 0.4) is 0 Å². The summed E-state index contributed by atoms with van der Waals surface area (Å²) >= 11 is 9.49. The Kier molecular flexibility index (Phi) is 3.48. The van der Waals surface area contributed by atoms with Gasteiger partial charge in [0.2, 0.25) is 0 Å². The van der Waals surface area contributed by atoms with E-state index in [1.165, 1.54) is 0 Å². The van der Waals surface area contributed by atoms with Crippen LogP contribution in [0.15, 0.2) is 29.0 Å². The van der Waals surface area contributed by atoms with Crippen molar-refractivity contribution in [3.63, 3.8) is 0 Å². The molecule has 4 nitrogen and oxygen atoms in total. The smallest absolute Gasteiger partial charge is 0.337 e. The standard InChI is InChI=1S/C14H11BrClNO3/c15-12-5-10(14(18)19)7-17(12)6-9-4-11(16)3-8-1-2-20-13(8)9/h3-5,7H,1-2,6H2,(H,18,19). The maximum Gasteiger partial charge on any atom is 0.337 e. The monoisotopic (exact) mass is 355 g/mol. The first-order chi connectivity index (χ1) is 9.54. The second kappa shape index (κ2) is 5.14. The first-order valence-corrected chi connectivity index (χ1v) is 7.25. The van der Waals surface area contributed by atoms with Gasteiger partial charge in [-0.2, -0.15) is 0 Å². The predicted octanol–water partition coefficient (Wildman–Crippen LogP) is 3.59. The molecule has 0 saturated heterocycles. The number of ether oxygens (including phenoxy) is 1. The summed E-state index contributed by atoms with van der Waals surface area (Å²) in [5, 5.41) is 9.68. The van der Waals surface area contributed by atoms with Gasteiger partial charge < -0.3 is 14.4 Å². The molecule has 0 saturated carbocycles. The minimum Gasteiger partial charge on any atom is -0.493 e. The van der Waals surface area contributed by atoms with Gasteiger partial charge in [-0.15, -0.1) is 0 Å². The third kappa shape index (κ3) is 2.43. The van der Waals surface area contributed by atoms with Crippen LogP contribution < -0.4 is 4.74 Å². The summed E-state index contributed by atoms with van der Waals surface area (Å²) in [6.07, 6.45) is 2.45. The van der Waals surface area contributed by atoms with Crippen LogP contribution in [-0.2, 0) is 13.0 Å². The van der Waals surface area contributed by atoms with Gasteiger partial charge in [0.1, 0.15) is 5.75 Å². The number of hydrogen-bond donors (Lipinski definition) is 1. The number of hydrogen-bond acceptors (Lipinski definition) is 2. The van der Waals surface area contributed by atoms with Gasteiger partial charge in [0.25, 0.3) is 0 Å². The molecule has 20 heavy (non-hydrogen) atoms. The normalized spacial score (nSPS) is 13.1. The third-order valence-electron chi connectivity index (χ3n) is 3.26. The van der Waals surface area contributed by atoms with E-state index >= 15 is 0 Å². The highest BCUT2D eigenvalue weighted by Gasteiger charge is 2.19. The van der Waals surface area contributed by atoms with E-state index in [4.69, 9.17) is 21.4 Å². The summed E-state index contributed by atoms with van der Waals surface area (Å²) in [5.74, 6) is -0.0797. The van der Waals surface area contributed by atoms with Gasteiger partial charge in [-0.05, 0) is 39.7 Å². The highest BCUT2D eigenvalue weighted by atomic mass is 79.9. The maximum atomic E-state index is 11.0. The van der Waals surface area contributed by atoms with Crippen molar-refractivity contribution in [2.75, 3.05) is 6.61 Å². The van der Waals surface area contributed by atoms with Gasteiger partial charge >= 0.3 is 5.97 Å². The van der Waals surface area contributed by atoms with Crippen molar-refractivity contribution in [1.82, 2.24) is 4.57 Å². The largest absolute Gasteiger partial charge is 0.493 e. The lowest BCUT2D eigenvalue weighted by Gasteiger charge is -2.11. The number of nitrogens with zero attached hydrogens (tertiary/aromatic N) is 1. The van der Waals surface area contributed by atoms with E-state index in [0.717, 1.165) is 23.3 Å². The van der Waals surface area contributed by atoms with Crippen LogP contribution in [0.5, 0.6) is 5.75 Å². The molecule has 0 radical (unpaired) electrons. The summed E-state index contributed by atoms with van der Waals surface area (Å²) in [6, 6.07) is 5.35.